The molecule has 0 saturated heterocycles. The van der Waals surface area contributed by atoms with Gasteiger partial charge in [0.15, 0.2) is 5.78 Å². The zero-order chi connectivity index (χ0) is 16.1. The fourth-order valence-corrected chi connectivity index (χ4v) is 2.82. The Bertz CT molecular complexity index is 672. The second-order valence-electron chi connectivity index (χ2n) is 5.18. The van der Waals surface area contributed by atoms with E-state index in [4.69, 9.17) is 0 Å². The SMILES string of the molecule is CC(=O)c1ccc(SCC(=O)Nc2c(C)cccc2C)cc1. The molecule has 0 radical (unpaired) electrons. The lowest BCUT2D eigenvalue weighted by Gasteiger charge is -2.11. The molecule has 114 valence electrons. The molecule has 0 spiro atoms. The summed E-state index contributed by atoms with van der Waals surface area (Å²) in [5.41, 5.74) is 3.69. The van der Waals surface area contributed by atoms with E-state index in [0.29, 0.717) is 11.3 Å². The highest BCUT2D eigenvalue weighted by Gasteiger charge is 2.08. The van der Waals surface area contributed by atoms with E-state index in [0.717, 1.165) is 21.7 Å². The number of hydrogen-bond acceptors (Lipinski definition) is 3. The number of amides is 1. The van der Waals surface area contributed by atoms with Crippen LogP contribution in [-0.2, 0) is 4.79 Å². The van der Waals surface area contributed by atoms with Crippen molar-refractivity contribution in [1.82, 2.24) is 0 Å². The molecule has 0 aromatic heterocycles. The van der Waals surface area contributed by atoms with Crippen molar-refractivity contribution in [1.29, 1.82) is 0 Å². The maximum atomic E-state index is 12.1. The minimum absolute atomic E-state index is 0.0296. The highest BCUT2D eigenvalue weighted by molar-refractivity contribution is 8.00. The summed E-state index contributed by atoms with van der Waals surface area (Å²) >= 11 is 1.46. The number of aryl methyl sites for hydroxylation is 2. The highest BCUT2D eigenvalue weighted by Crippen LogP contribution is 2.22. The van der Waals surface area contributed by atoms with Crippen molar-refractivity contribution < 1.29 is 9.59 Å². The van der Waals surface area contributed by atoms with E-state index >= 15 is 0 Å². The summed E-state index contributed by atoms with van der Waals surface area (Å²) in [7, 11) is 0. The number of Topliss-reactive ketones (excluding diaryl/α,β-unsaturated/α-hetero) is 1. The molecule has 0 fully saturated rings. The van der Waals surface area contributed by atoms with E-state index in [9.17, 15) is 9.59 Å². The maximum Gasteiger partial charge on any atom is 0.234 e. The maximum absolute atomic E-state index is 12.1. The Morgan fingerprint density at radius 2 is 1.59 bits per heavy atom. The van der Waals surface area contributed by atoms with E-state index in [-0.39, 0.29) is 11.7 Å². The largest absolute Gasteiger partial charge is 0.325 e. The molecule has 3 nitrogen and oxygen atoms in total. The number of carbonyl (C=O) groups excluding carboxylic acids is 2. The first-order valence-electron chi connectivity index (χ1n) is 7.07. The van der Waals surface area contributed by atoms with Crippen molar-refractivity contribution in [3.05, 3.63) is 59.2 Å². The first-order valence-corrected chi connectivity index (χ1v) is 8.06. The Balaban J connectivity index is 1.94. The van der Waals surface area contributed by atoms with Gasteiger partial charge >= 0.3 is 0 Å². The van der Waals surface area contributed by atoms with Crippen LogP contribution in [0.3, 0.4) is 0 Å². The van der Waals surface area contributed by atoms with Crippen LogP contribution in [0.4, 0.5) is 5.69 Å². The molecule has 0 atom stereocenters. The summed E-state index contributed by atoms with van der Waals surface area (Å²) in [6, 6.07) is 13.3. The number of ketones is 1. The van der Waals surface area contributed by atoms with Crippen LogP contribution in [0.25, 0.3) is 0 Å². The van der Waals surface area contributed by atoms with Crippen molar-refractivity contribution >= 4 is 29.1 Å². The third-order valence-electron chi connectivity index (χ3n) is 3.38. The summed E-state index contributed by atoms with van der Waals surface area (Å²) in [5, 5.41) is 2.96. The minimum atomic E-state index is -0.0296. The van der Waals surface area contributed by atoms with Gasteiger partial charge in [-0.3, -0.25) is 9.59 Å². The summed E-state index contributed by atoms with van der Waals surface area (Å²) in [6.45, 7) is 5.51. The van der Waals surface area contributed by atoms with Crippen LogP contribution >= 0.6 is 11.8 Å². The molecule has 1 amide bonds. The average Bonchev–Trinajstić information content (AvgIpc) is 2.49. The van der Waals surface area contributed by atoms with Crippen LogP contribution in [0.5, 0.6) is 0 Å². The van der Waals surface area contributed by atoms with Crippen molar-refractivity contribution in [2.45, 2.75) is 25.7 Å². The number of anilines is 1. The van der Waals surface area contributed by atoms with Gasteiger partial charge < -0.3 is 5.32 Å². The Labute approximate surface area is 135 Å². The summed E-state index contributed by atoms with van der Waals surface area (Å²) in [4.78, 5) is 24.3. The molecule has 1 N–H and O–H groups in total. The lowest BCUT2D eigenvalue weighted by atomic mass is 10.1. The Morgan fingerprint density at radius 3 is 2.14 bits per heavy atom. The zero-order valence-electron chi connectivity index (χ0n) is 13.0. The van der Waals surface area contributed by atoms with Gasteiger partial charge in [0.1, 0.15) is 0 Å². The van der Waals surface area contributed by atoms with Gasteiger partial charge in [0.2, 0.25) is 5.91 Å². The van der Waals surface area contributed by atoms with Crippen LogP contribution in [0.15, 0.2) is 47.4 Å². The normalized spacial score (nSPS) is 10.3. The fraction of sp³-hybridized carbons (Fsp3) is 0.222. The summed E-state index contributed by atoms with van der Waals surface area (Å²) in [5.74, 6) is 0.357. The molecule has 2 aromatic rings. The molecule has 0 unspecified atom stereocenters. The first kappa shape index (κ1) is 16.3. The average molecular weight is 313 g/mol. The number of rotatable bonds is 5. The van der Waals surface area contributed by atoms with Gasteiger partial charge in [-0.2, -0.15) is 0 Å². The molecule has 0 aliphatic carbocycles. The lowest BCUT2D eigenvalue weighted by Crippen LogP contribution is -2.15. The van der Waals surface area contributed by atoms with Gasteiger partial charge in [-0.05, 0) is 44.0 Å². The van der Waals surface area contributed by atoms with E-state index in [2.05, 4.69) is 5.32 Å². The number of benzene rings is 2. The van der Waals surface area contributed by atoms with Gasteiger partial charge in [0.25, 0.3) is 0 Å². The molecule has 4 heteroatoms. The molecular formula is C18H19NO2S. The van der Waals surface area contributed by atoms with E-state index in [1.165, 1.54) is 11.8 Å². The molecule has 0 bridgehead atoms. The molecule has 0 heterocycles. The minimum Gasteiger partial charge on any atom is -0.325 e. The Hall–Kier alpha value is -2.07. The van der Waals surface area contributed by atoms with Crippen molar-refractivity contribution in [2.75, 3.05) is 11.1 Å². The first-order chi connectivity index (χ1) is 10.5. The fourth-order valence-electron chi connectivity index (χ4n) is 2.12. The van der Waals surface area contributed by atoms with Gasteiger partial charge in [0.05, 0.1) is 5.75 Å². The summed E-state index contributed by atoms with van der Waals surface area (Å²) in [6.07, 6.45) is 0. The summed E-state index contributed by atoms with van der Waals surface area (Å²) < 4.78 is 0. The quantitative estimate of drug-likeness (QED) is 0.663. The van der Waals surface area contributed by atoms with Crippen LogP contribution in [0.2, 0.25) is 0 Å². The van der Waals surface area contributed by atoms with Crippen molar-refractivity contribution in [3.8, 4) is 0 Å². The zero-order valence-corrected chi connectivity index (χ0v) is 13.8. The van der Waals surface area contributed by atoms with Crippen molar-refractivity contribution in [2.24, 2.45) is 0 Å². The molecule has 0 aliphatic heterocycles. The number of nitrogens with one attached hydrogen (secondary N) is 1. The second-order valence-corrected chi connectivity index (χ2v) is 6.23. The number of thioether (sulfide) groups is 1. The topological polar surface area (TPSA) is 46.2 Å². The molecule has 0 saturated carbocycles. The van der Waals surface area contributed by atoms with E-state index in [1.807, 2.05) is 44.2 Å². The number of hydrogen-bond donors (Lipinski definition) is 1. The third-order valence-corrected chi connectivity index (χ3v) is 4.39. The molecule has 22 heavy (non-hydrogen) atoms. The Morgan fingerprint density at radius 1 is 1.00 bits per heavy atom. The highest BCUT2D eigenvalue weighted by atomic mass is 32.2. The second kappa shape index (κ2) is 7.27. The predicted octanol–water partition coefficient (Wildman–Crippen LogP) is 4.24. The Kier molecular flexibility index (Phi) is 5.39. The smallest absolute Gasteiger partial charge is 0.234 e. The molecule has 2 aromatic carbocycles. The van der Waals surface area contributed by atoms with Gasteiger partial charge in [-0.1, -0.05) is 30.3 Å². The standard InChI is InChI=1S/C18H19NO2S/c1-12-5-4-6-13(2)18(12)19-17(21)11-22-16-9-7-15(8-10-16)14(3)20/h4-10H,11H2,1-3H3,(H,19,21). The third kappa shape index (κ3) is 4.21. The number of carbonyl (C=O) groups is 2. The van der Waals surface area contributed by atoms with Crippen LogP contribution < -0.4 is 5.32 Å². The molecule has 2 rings (SSSR count). The van der Waals surface area contributed by atoms with Gasteiger partial charge in [-0.15, -0.1) is 11.8 Å². The molecular weight excluding hydrogens is 294 g/mol. The van der Waals surface area contributed by atoms with Crippen molar-refractivity contribution in [3.63, 3.8) is 0 Å². The van der Waals surface area contributed by atoms with Crippen LogP contribution in [0, 0.1) is 13.8 Å². The van der Waals surface area contributed by atoms with Gasteiger partial charge in [0, 0.05) is 16.1 Å². The van der Waals surface area contributed by atoms with E-state index in [1.54, 1.807) is 19.1 Å². The molecule has 0 aliphatic rings. The van der Waals surface area contributed by atoms with Gasteiger partial charge in [-0.25, -0.2) is 0 Å². The lowest BCUT2D eigenvalue weighted by molar-refractivity contribution is -0.113. The van der Waals surface area contributed by atoms with Crippen LogP contribution in [0.1, 0.15) is 28.4 Å². The van der Waals surface area contributed by atoms with Crippen LogP contribution in [-0.4, -0.2) is 17.4 Å². The van der Waals surface area contributed by atoms with E-state index < -0.39 is 0 Å². The predicted molar refractivity (Wildman–Crippen MR) is 91.7 cm³/mol. The number of para-hydroxylation sites is 1. The monoisotopic (exact) mass is 313 g/mol.